The molecular formula is C27H29N5OS. The summed E-state index contributed by atoms with van der Waals surface area (Å²) < 4.78 is 2.01. The van der Waals surface area contributed by atoms with Crippen LogP contribution in [0.2, 0.25) is 0 Å². The molecule has 0 aliphatic carbocycles. The van der Waals surface area contributed by atoms with E-state index in [-0.39, 0.29) is 12.6 Å². The lowest BCUT2D eigenvalue weighted by atomic mass is 10.1. The average molecular weight is 472 g/mol. The number of nitrogens with zero attached hydrogens (tertiary/aromatic N) is 3. The number of urea groups is 1. The molecule has 2 amide bonds. The molecule has 0 saturated heterocycles. The monoisotopic (exact) mass is 471 g/mol. The molecule has 0 saturated carbocycles. The molecule has 1 heterocycles. The van der Waals surface area contributed by atoms with Gasteiger partial charge in [0.05, 0.1) is 6.54 Å². The van der Waals surface area contributed by atoms with E-state index in [0.717, 1.165) is 28.7 Å². The number of rotatable bonds is 8. The summed E-state index contributed by atoms with van der Waals surface area (Å²) in [5.41, 5.74) is 6.65. The first kappa shape index (κ1) is 23.6. The summed E-state index contributed by atoms with van der Waals surface area (Å²) in [5.74, 6) is 1.46. The van der Waals surface area contributed by atoms with Crippen LogP contribution in [0.5, 0.6) is 0 Å². The van der Waals surface area contributed by atoms with Crippen molar-refractivity contribution in [2.75, 3.05) is 5.32 Å². The van der Waals surface area contributed by atoms with Gasteiger partial charge in [0.2, 0.25) is 0 Å². The third-order valence-corrected chi connectivity index (χ3v) is 6.62. The van der Waals surface area contributed by atoms with Crippen molar-refractivity contribution in [1.29, 1.82) is 0 Å². The Hall–Kier alpha value is -3.58. The van der Waals surface area contributed by atoms with E-state index in [9.17, 15) is 4.79 Å². The van der Waals surface area contributed by atoms with Crippen molar-refractivity contribution < 1.29 is 4.79 Å². The van der Waals surface area contributed by atoms with Crippen molar-refractivity contribution in [3.05, 3.63) is 101 Å². The van der Waals surface area contributed by atoms with E-state index < -0.39 is 0 Å². The van der Waals surface area contributed by atoms with E-state index >= 15 is 0 Å². The van der Waals surface area contributed by atoms with Gasteiger partial charge in [-0.15, -0.1) is 10.2 Å². The lowest BCUT2D eigenvalue weighted by Crippen LogP contribution is -2.29. The first-order valence-corrected chi connectivity index (χ1v) is 12.3. The standard InChI is InChI=1S/C27H29N5OS/c1-4-21-11-13-23(14-12-21)29-26(33)28-17-25-30-31-27(32(25)24-15-9-19(2)10-16-24)34-18-22-8-6-5-7-20(22)3/h5-16H,4,17-18H2,1-3H3,(H2,28,29,33). The maximum Gasteiger partial charge on any atom is 0.319 e. The molecule has 1 aromatic heterocycles. The van der Waals surface area contributed by atoms with Gasteiger partial charge in [0, 0.05) is 17.1 Å². The highest BCUT2D eigenvalue weighted by Crippen LogP contribution is 2.26. The smallest absolute Gasteiger partial charge is 0.319 e. The van der Waals surface area contributed by atoms with E-state index in [4.69, 9.17) is 0 Å². The summed E-state index contributed by atoms with van der Waals surface area (Å²) in [5, 5.41) is 15.4. The van der Waals surface area contributed by atoms with Gasteiger partial charge >= 0.3 is 6.03 Å². The maximum atomic E-state index is 12.5. The van der Waals surface area contributed by atoms with Crippen LogP contribution in [0.1, 0.15) is 35.0 Å². The lowest BCUT2D eigenvalue weighted by Gasteiger charge is -2.12. The van der Waals surface area contributed by atoms with E-state index in [1.807, 2.05) is 34.9 Å². The van der Waals surface area contributed by atoms with Gasteiger partial charge in [0.1, 0.15) is 0 Å². The van der Waals surface area contributed by atoms with E-state index in [2.05, 4.69) is 84.1 Å². The predicted molar refractivity (Wildman–Crippen MR) is 139 cm³/mol. The average Bonchev–Trinajstić information content (AvgIpc) is 3.26. The van der Waals surface area contributed by atoms with Crippen LogP contribution in [0, 0.1) is 13.8 Å². The number of carbonyl (C=O) groups is 1. The molecule has 0 radical (unpaired) electrons. The van der Waals surface area contributed by atoms with Crippen molar-refractivity contribution in [2.24, 2.45) is 0 Å². The Morgan fingerprint density at radius 3 is 2.38 bits per heavy atom. The molecule has 0 unspecified atom stereocenters. The van der Waals surface area contributed by atoms with Crippen LogP contribution in [0.15, 0.2) is 78.0 Å². The van der Waals surface area contributed by atoms with Gasteiger partial charge in [-0.25, -0.2) is 4.79 Å². The van der Waals surface area contributed by atoms with Crippen LogP contribution in [0.4, 0.5) is 10.5 Å². The van der Waals surface area contributed by atoms with Crippen LogP contribution in [-0.2, 0) is 18.7 Å². The van der Waals surface area contributed by atoms with Crippen LogP contribution in [-0.4, -0.2) is 20.8 Å². The number of anilines is 1. The van der Waals surface area contributed by atoms with Crippen molar-refractivity contribution in [2.45, 2.75) is 44.6 Å². The van der Waals surface area contributed by atoms with Crippen LogP contribution < -0.4 is 10.6 Å². The number of carbonyl (C=O) groups excluding carboxylic acids is 1. The number of amides is 2. The zero-order chi connectivity index (χ0) is 23.9. The lowest BCUT2D eigenvalue weighted by molar-refractivity contribution is 0.251. The third kappa shape index (κ3) is 5.85. The van der Waals surface area contributed by atoms with Gasteiger partial charge in [0.15, 0.2) is 11.0 Å². The van der Waals surface area contributed by atoms with Gasteiger partial charge in [-0.05, 0) is 61.2 Å². The highest BCUT2D eigenvalue weighted by atomic mass is 32.2. The minimum Gasteiger partial charge on any atom is -0.331 e. The molecule has 0 aliphatic rings. The Morgan fingerprint density at radius 1 is 0.941 bits per heavy atom. The molecular weight excluding hydrogens is 442 g/mol. The van der Waals surface area contributed by atoms with Gasteiger partial charge in [-0.1, -0.05) is 72.8 Å². The molecule has 3 aromatic carbocycles. The molecule has 0 fully saturated rings. The number of aryl methyl sites for hydroxylation is 3. The highest BCUT2D eigenvalue weighted by Gasteiger charge is 2.16. The molecule has 4 rings (SSSR count). The van der Waals surface area contributed by atoms with E-state index in [1.54, 1.807) is 11.8 Å². The van der Waals surface area contributed by atoms with Crippen LogP contribution >= 0.6 is 11.8 Å². The van der Waals surface area contributed by atoms with Crippen molar-refractivity contribution in [3.63, 3.8) is 0 Å². The van der Waals surface area contributed by atoms with Crippen LogP contribution in [0.25, 0.3) is 5.69 Å². The van der Waals surface area contributed by atoms with Gasteiger partial charge in [-0.3, -0.25) is 4.57 Å². The first-order valence-electron chi connectivity index (χ1n) is 11.4. The molecule has 0 aliphatic heterocycles. The predicted octanol–water partition coefficient (Wildman–Crippen LogP) is 6.06. The molecule has 0 spiro atoms. The second-order valence-electron chi connectivity index (χ2n) is 8.14. The van der Waals surface area contributed by atoms with Crippen molar-refractivity contribution >= 4 is 23.5 Å². The molecule has 0 bridgehead atoms. The Morgan fingerprint density at radius 2 is 1.68 bits per heavy atom. The summed E-state index contributed by atoms with van der Waals surface area (Å²) in [6, 6.07) is 24.2. The number of nitrogens with one attached hydrogen (secondary N) is 2. The number of thioether (sulfide) groups is 1. The molecule has 174 valence electrons. The first-order chi connectivity index (χ1) is 16.5. The van der Waals surface area contributed by atoms with Gasteiger partial charge < -0.3 is 10.6 Å². The minimum absolute atomic E-state index is 0.255. The zero-order valence-corrected chi connectivity index (χ0v) is 20.5. The topological polar surface area (TPSA) is 71.8 Å². The van der Waals surface area contributed by atoms with E-state index in [1.165, 1.54) is 22.3 Å². The Balaban J connectivity index is 1.50. The summed E-state index contributed by atoms with van der Waals surface area (Å²) in [7, 11) is 0. The molecule has 34 heavy (non-hydrogen) atoms. The SMILES string of the molecule is CCc1ccc(NC(=O)NCc2nnc(SCc3ccccc3C)n2-c2ccc(C)cc2)cc1. The highest BCUT2D eigenvalue weighted by molar-refractivity contribution is 7.98. The Kier molecular flexibility index (Phi) is 7.65. The van der Waals surface area contributed by atoms with Crippen LogP contribution in [0.3, 0.4) is 0 Å². The van der Waals surface area contributed by atoms with Crippen molar-refractivity contribution in [1.82, 2.24) is 20.1 Å². The fourth-order valence-electron chi connectivity index (χ4n) is 3.53. The number of hydrogen-bond acceptors (Lipinski definition) is 4. The second-order valence-corrected chi connectivity index (χ2v) is 9.09. The number of hydrogen-bond donors (Lipinski definition) is 2. The quantitative estimate of drug-likeness (QED) is 0.306. The largest absolute Gasteiger partial charge is 0.331 e. The third-order valence-electron chi connectivity index (χ3n) is 5.64. The summed E-state index contributed by atoms with van der Waals surface area (Å²) in [6.45, 7) is 6.53. The summed E-state index contributed by atoms with van der Waals surface area (Å²) in [4.78, 5) is 12.5. The number of aromatic nitrogens is 3. The molecule has 7 heteroatoms. The Labute approximate surface area is 204 Å². The number of benzene rings is 3. The second kappa shape index (κ2) is 11.0. The van der Waals surface area contributed by atoms with Gasteiger partial charge in [-0.2, -0.15) is 0 Å². The Bertz CT molecular complexity index is 1250. The minimum atomic E-state index is -0.281. The zero-order valence-electron chi connectivity index (χ0n) is 19.7. The maximum absolute atomic E-state index is 12.5. The molecule has 2 N–H and O–H groups in total. The van der Waals surface area contributed by atoms with Gasteiger partial charge in [0.25, 0.3) is 0 Å². The molecule has 0 atom stereocenters. The fraction of sp³-hybridized carbons (Fsp3) is 0.222. The summed E-state index contributed by atoms with van der Waals surface area (Å²) >= 11 is 1.64. The normalized spacial score (nSPS) is 10.8. The fourth-order valence-corrected chi connectivity index (χ4v) is 4.58. The van der Waals surface area contributed by atoms with Crippen molar-refractivity contribution in [3.8, 4) is 5.69 Å². The van der Waals surface area contributed by atoms with E-state index in [0.29, 0.717) is 5.82 Å². The summed E-state index contributed by atoms with van der Waals surface area (Å²) in [6.07, 6.45) is 0.964. The molecule has 4 aromatic rings. The molecule has 6 nitrogen and oxygen atoms in total.